The van der Waals surface area contributed by atoms with Crippen molar-refractivity contribution in [1.82, 2.24) is 20.9 Å². The van der Waals surface area contributed by atoms with Crippen LogP contribution in [0, 0.1) is 38.2 Å². The van der Waals surface area contributed by atoms with Gasteiger partial charge in [-0.15, -0.1) is 0 Å². The number of amides is 7. The van der Waals surface area contributed by atoms with E-state index in [-0.39, 0.29) is 90.8 Å². The van der Waals surface area contributed by atoms with Crippen molar-refractivity contribution < 1.29 is 81.1 Å². The highest BCUT2D eigenvalue weighted by Gasteiger charge is 2.39. The van der Waals surface area contributed by atoms with Crippen molar-refractivity contribution in [3.63, 3.8) is 0 Å². The Balaban J connectivity index is 0.000000183. The highest BCUT2D eigenvalue weighted by atomic mass is 19.1. The van der Waals surface area contributed by atoms with Gasteiger partial charge in [-0.2, -0.15) is 0 Å². The minimum atomic E-state index is -0.988. The Hall–Kier alpha value is -13.4. The molecule has 7 amide bonds. The van der Waals surface area contributed by atoms with E-state index in [0.717, 1.165) is 113 Å². The number of rotatable bonds is 25. The van der Waals surface area contributed by atoms with Crippen LogP contribution in [-0.2, 0) is 64.0 Å². The molecule has 10 aromatic carbocycles. The summed E-state index contributed by atoms with van der Waals surface area (Å²) in [6, 6.07) is 62.7. The zero-order chi connectivity index (χ0) is 88.8. The van der Waals surface area contributed by atoms with E-state index in [1.807, 2.05) is 93.6 Å². The standard InChI is InChI=1S/C32H36FN3O4.C31H33FN2O4.C29H31FN2O3.C8H8O3/c1-22-10-7-8-15-28(22)30(31(38)34-25-12-5-4-6-13-25)36(26-14-9-11-24(33)21-26)29(37)20-23-16-18-27(19-17-23)40-32(39)35(2)3;1-21-9-6-7-14-28(21)30(31(37)33-25-11-4-3-5-12-25)34(26-13-8-10-24(32)20-26)29(36)19-23-15-17-27(18-16-23)38-22(2)35;1-20-8-5-6-13-26(20)28(29(35)31-23-10-3-2-4-11-23)32(24-12-7-9-22(30)19-24)27(34)18-21-14-16-25(33)17-15-21;9-7-3-1-6(2-4-7)5-8(10)11/h7-11,14-19,21,25,30H,4-6,12-13,20H2,1-3H3,(H,34,38);6-10,13-18,20,25,30H,3-5,11-12,19H2,1-2H3,(H,33,37);5-9,12-17,19,23,28,33H,2-4,10-11,18H2,1H3,(H,31,35);1-4,9H,5H2,(H,10,11). The van der Waals surface area contributed by atoms with Crippen LogP contribution in [0.4, 0.5) is 35.0 Å². The number of carbonyl (C=O) groups is 9. The summed E-state index contributed by atoms with van der Waals surface area (Å²) >= 11 is 0. The quantitative estimate of drug-likeness (QED) is 0.0229. The second-order valence-electron chi connectivity index (χ2n) is 31.6. The number of phenols is 2. The number of carboxylic acid groups (broad SMARTS) is 1. The van der Waals surface area contributed by atoms with Crippen molar-refractivity contribution in [2.45, 2.75) is 186 Å². The van der Waals surface area contributed by atoms with E-state index < -0.39 is 53.6 Å². The SMILES string of the molecule is CC(=O)Oc1ccc(CC(=O)N(c2cccc(F)c2)C(C(=O)NC2CCCCC2)c2ccccc2C)cc1.Cc1ccccc1C(C(=O)NC1CCCCC1)N(C(=O)Cc1ccc(O)cc1)c1cccc(F)c1.Cc1ccccc1C(C(=O)NC1CCCCC1)N(C(=O)Cc1ccc(OC(=O)N(C)C)cc1)c1cccc(F)c1.O=C(O)Cc1ccc(O)cc1. The number of aromatic hydroxyl groups is 2. The van der Waals surface area contributed by atoms with Gasteiger partial charge in [0.1, 0.15) is 58.6 Å². The summed E-state index contributed by atoms with van der Waals surface area (Å²) < 4.78 is 53.5. The van der Waals surface area contributed by atoms with E-state index in [1.165, 1.54) is 99.3 Å². The summed E-state index contributed by atoms with van der Waals surface area (Å²) in [6.45, 7) is 7.03. The van der Waals surface area contributed by atoms with Crippen molar-refractivity contribution in [3.05, 3.63) is 316 Å². The van der Waals surface area contributed by atoms with E-state index in [4.69, 9.17) is 19.7 Å². The lowest BCUT2D eigenvalue weighted by Gasteiger charge is -2.34. The number of halogens is 3. The van der Waals surface area contributed by atoms with Crippen molar-refractivity contribution in [2.75, 3.05) is 28.8 Å². The van der Waals surface area contributed by atoms with Crippen LogP contribution in [0.2, 0.25) is 0 Å². The number of ether oxygens (including phenoxy) is 2. The largest absolute Gasteiger partial charge is 0.508 e. The highest BCUT2D eigenvalue weighted by molar-refractivity contribution is 6.05. The molecule has 3 atom stereocenters. The minimum Gasteiger partial charge on any atom is -0.508 e. The van der Waals surface area contributed by atoms with Crippen LogP contribution in [0.3, 0.4) is 0 Å². The third-order valence-corrected chi connectivity index (χ3v) is 21.9. The molecular weight excluding hydrogens is 1580 g/mol. The number of phenolic OH excluding ortho intramolecular Hbond substituents is 2. The molecule has 124 heavy (non-hydrogen) atoms. The summed E-state index contributed by atoms with van der Waals surface area (Å²) in [4.78, 5) is 122. The van der Waals surface area contributed by atoms with Crippen molar-refractivity contribution >= 4 is 70.5 Å². The molecule has 0 bridgehead atoms. The number of carboxylic acids is 1. The Morgan fingerprint density at radius 2 is 0.637 bits per heavy atom. The molecule has 24 heteroatoms. The lowest BCUT2D eigenvalue weighted by atomic mass is 9.93. The first kappa shape index (κ1) is 92.9. The molecule has 0 aromatic heterocycles. The van der Waals surface area contributed by atoms with E-state index in [1.54, 1.807) is 111 Å². The summed E-state index contributed by atoms with van der Waals surface area (Å²) in [5.74, 6) is -3.71. The predicted molar refractivity (Wildman–Crippen MR) is 471 cm³/mol. The lowest BCUT2D eigenvalue weighted by Crippen LogP contribution is -2.48. The molecule has 0 saturated heterocycles. The van der Waals surface area contributed by atoms with Gasteiger partial charge in [-0.25, -0.2) is 18.0 Å². The van der Waals surface area contributed by atoms with Crippen LogP contribution < -0.4 is 40.1 Å². The first-order valence-electron chi connectivity index (χ1n) is 42.0. The van der Waals surface area contributed by atoms with Gasteiger partial charge < -0.3 is 45.6 Å². The first-order chi connectivity index (χ1) is 59.6. The van der Waals surface area contributed by atoms with Gasteiger partial charge in [0.2, 0.25) is 35.4 Å². The maximum Gasteiger partial charge on any atom is 0.414 e. The van der Waals surface area contributed by atoms with Crippen LogP contribution in [0.25, 0.3) is 0 Å². The smallest absolute Gasteiger partial charge is 0.414 e. The fourth-order valence-electron chi connectivity index (χ4n) is 15.5. The maximum absolute atomic E-state index is 14.5. The second kappa shape index (κ2) is 46.0. The van der Waals surface area contributed by atoms with Gasteiger partial charge >= 0.3 is 18.0 Å². The van der Waals surface area contributed by atoms with Gasteiger partial charge in [0.15, 0.2) is 0 Å². The number of aryl methyl sites for hydroxylation is 3. The van der Waals surface area contributed by atoms with Crippen molar-refractivity contribution in [2.24, 2.45) is 0 Å². The normalized spacial score (nSPS) is 14.0. The molecule has 648 valence electrons. The molecule has 13 rings (SSSR count). The maximum atomic E-state index is 14.5. The number of carbonyl (C=O) groups excluding carboxylic acids is 8. The third kappa shape index (κ3) is 27.6. The van der Waals surface area contributed by atoms with E-state index in [9.17, 15) is 61.4 Å². The monoisotopic (exact) mass is 1690 g/mol. The van der Waals surface area contributed by atoms with Crippen LogP contribution in [0.5, 0.6) is 23.0 Å². The third-order valence-electron chi connectivity index (χ3n) is 21.9. The van der Waals surface area contributed by atoms with Crippen LogP contribution in [-0.4, -0.2) is 106 Å². The number of benzene rings is 10. The molecule has 21 nitrogen and oxygen atoms in total. The van der Waals surface area contributed by atoms with E-state index >= 15 is 0 Å². The average molecular weight is 1690 g/mol. The van der Waals surface area contributed by atoms with Gasteiger partial charge in [-0.1, -0.05) is 197 Å². The van der Waals surface area contributed by atoms with Gasteiger partial charge in [-0.3, -0.25) is 53.1 Å². The summed E-state index contributed by atoms with van der Waals surface area (Å²) in [5, 5.41) is 36.4. The molecule has 0 radical (unpaired) electrons. The molecule has 10 aromatic rings. The van der Waals surface area contributed by atoms with Crippen molar-refractivity contribution in [3.8, 4) is 23.0 Å². The predicted octanol–water partition coefficient (Wildman–Crippen LogP) is 18.4. The number of anilines is 3. The number of hydrogen-bond acceptors (Lipinski definition) is 13. The summed E-state index contributed by atoms with van der Waals surface area (Å²) in [7, 11) is 3.18. The molecule has 3 saturated carbocycles. The molecule has 0 aliphatic heterocycles. The number of hydrogen-bond donors (Lipinski definition) is 6. The van der Waals surface area contributed by atoms with E-state index in [0.29, 0.717) is 67.5 Å². The van der Waals surface area contributed by atoms with Crippen LogP contribution in [0.1, 0.15) is 177 Å². The Kier molecular flexibility index (Phi) is 34.5. The van der Waals surface area contributed by atoms with Gasteiger partial charge in [-0.05, 0) is 218 Å². The first-order valence-corrected chi connectivity index (χ1v) is 42.0. The van der Waals surface area contributed by atoms with Gasteiger partial charge in [0.25, 0.3) is 0 Å². The number of nitrogens with one attached hydrogen (secondary N) is 3. The molecule has 3 unspecified atom stereocenters. The number of esters is 1. The fourth-order valence-corrected chi connectivity index (χ4v) is 15.5. The molecular formula is C100H108F3N7O14. The molecule has 0 spiro atoms. The Morgan fingerprint density at radius 3 is 0.903 bits per heavy atom. The van der Waals surface area contributed by atoms with Gasteiger partial charge in [0.05, 0.1) is 25.7 Å². The van der Waals surface area contributed by atoms with Crippen LogP contribution in [0.15, 0.2) is 243 Å². The Morgan fingerprint density at radius 1 is 0.363 bits per heavy atom. The Bertz CT molecular complexity index is 5270. The Labute approximate surface area is 722 Å². The fraction of sp³-hybridized carbons (Fsp3) is 0.310. The topological polar surface area (TPSA) is 282 Å². The molecule has 3 fully saturated rings. The van der Waals surface area contributed by atoms with E-state index in [2.05, 4.69) is 16.0 Å². The lowest BCUT2D eigenvalue weighted by molar-refractivity contribution is -0.136. The van der Waals surface area contributed by atoms with Gasteiger partial charge in [0, 0.05) is 56.2 Å². The zero-order valence-electron chi connectivity index (χ0n) is 70.7. The molecule has 3 aliphatic rings. The zero-order valence-corrected chi connectivity index (χ0v) is 70.7. The van der Waals surface area contributed by atoms with Crippen molar-refractivity contribution in [1.29, 1.82) is 0 Å². The second-order valence-corrected chi connectivity index (χ2v) is 31.6. The average Bonchev–Trinajstić information content (AvgIpc) is 0.793. The number of aliphatic carboxylic acids is 1. The molecule has 0 heterocycles. The molecule has 3 aliphatic carbocycles. The summed E-state index contributed by atoms with van der Waals surface area (Å²) in [5.41, 5.74) is 8.27. The highest BCUT2D eigenvalue weighted by Crippen LogP contribution is 2.37. The van der Waals surface area contributed by atoms with Crippen LogP contribution >= 0.6 is 0 Å². The minimum absolute atomic E-state index is 0.000278. The number of nitrogens with zero attached hydrogens (tertiary/aromatic N) is 4. The summed E-state index contributed by atoms with van der Waals surface area (Å²) in [6.07, 6.45) is 14.6. The molecule has 6 N–H and O–H groups in total.